The third-order valence-electron chi connectivity index (χ3n) is 5.34. The normalized spacial score (nSPS) is 15.8. The lowest BCUT2D eigenvalue weighted by molar-refractivity contribution is -0.136. The van der Waals surface area contributed by atoms with Crippen LogP contribution in [0.5, 0.6) is 0 Å². The summed E-state index contributed by atoms with van der Waals surface area (Å²) in [5.41, 5.74) is 16.3. The molecule has 0 radical (unpaired) electrons. The summed E-state index contributed by atoms with van der Waals surface area (Å²) in [4.78, 5) is 72.8. The lowest BCUT2D eigenvalue weighted by Crippen LogP contribution is -2.59. The van der Waals surface area contributed by atoms with Gasteiger partial charge in [-0.1, -0.05) is 6.42 Å². The van der Waals surface area contributed by atoms with Crippen LogP contribution in [0, 0.1) is 0 Å². The van der Waals surface area contributed by atoms with Crippen molar-refractivity contribution in [3.8, 4) is 0 Å². The Morgan fingerprint density at radius 3 is 1.89 bits per heavy atom. The van der Waals surface area contributed by atoms with E-state index >= 15 is 0 Å². The minimum atomic E-state index is -1.54. The van der Waals surface area contributed by atoms with E-state index in [4.69, 9.17) is 17.2 Å². The molecule has 0 bridgehead atoms. The lowest BCUT2D eigenvalue weighted by Gasteiger charge is -2.26. The van der Waals surface area contributed by atoms with Crippen molar-refractivity contribution in [3.63, 3.8) is 0 Å². The topological polar surface area (TPSA) is 269 Å². The second kappa shape index (κ2) is 17.3. The maximum absolute atomic E-state index is 12.8. The molecule has 6 atom stereocenters. The largest absolute Gasteiger partial charge is 0.391 e. The van der Waals surface area contributed by atoms with Crippen molar-refractivity contribution in [1.29, 1.82) is 0 Å². The zero-order chi connectivity index (χ0) is 28.7. The number of carbonyl (C=O) groups is 6. The number of aliphatic hydroxyl groups excluding tert-OH is 2. The monoisotopic (exact) mass is 531 g/mol. The Morgan fingerprint density at radius 1 is 0.811 bits per heavy atom. The molecule has 12 N–H and O–H groups in total. The maximum Gasteiger partial charge on any atom is 0.245 e. The van der Waals surface area contributed by atoms with E-state index in [1.54, 1.807) is 0 Å². The molecular weight excluding hydrogens is 490 g/mol. The molecule has 0 saturated carbocycles. The standard InChI is InChI=1S/C22H41N7O8/c1-11(30)18(12(2)31)29-21(36)15(7-8-16(25)33)27-22(37)19(13(3)32)28-17(34)10-26-20(35)14(24)6-4-5-9-23/h11,13-15,18-19,30,32H,4-10,23-24H2,1-3H3,(H2,25,33)(H,26,35)(H,27,37)(H,28,34)(H,29,36). The number of primary amides is 1. The summed E-state index contributed by atoms with van der Waals surface area (Å²) in [7, 11) is 0. The van der Waals surface area contributed by atoms with Gasteiger partial charge in [0.05, 0.1) is 24.8 Å². The molecule has 0 aromatic rings. The minimum Gasteiger partial charge on any atom is -0.391 e. The van der Waals surface area contributed by atoms with Crippen LogP contribution in [-0.2, 0) is 28.8 Å². The average Bonchev–Trinajstić information content (AvgIpc) is 2.80. The Hall–Kier alpha value is -3.14. The van der Waals surface area contributed by atoms with Crippen LogP contribution < -0.4 is 38.5 Å². The van der Waals surface area contributed by atoms with Crippen LogP contribution >= 0.6 is 0 Å². The molecule has 6 unspecified atom stereocenters. The molecule has 0 aromatic carbocycles. The van der Waals surface area contributed by atoms with Crippen LogP contribution in [0.3, 0.4) is 0 Å². The molecule has 15 heteroatoms. The van der Waals surface area contributed by atoms with Gasteiger partial charge < -0.3 is 48.7 Å². The van der Waals surface area contributed by atoms with Gasteiger partial charge in [0.25, 0.3) is 0 Å². The minimum absolute atomic E-state index is 0.254. The Kier molecular flexibility index (Phi) is 15.9. The van der Waals surface area contributed by atoms with E-state index < -0.39 is 78.2 Å². The fraction of sp³-hybridized carbons (Fsp3) is 0.727. The molecule has 37 heavy (non-hydrogen) atoms. The Balaban J connectivity index is 5.26. The molecule has 0 spiro atoms. The molecule has 0 aliphatic heterocycles. The van der Waals surface area contributed by atoms with E-state index in [2.05, 4.69) is 21.3 Å². The quantitative estimate of drug-likeness (QED) is 0.0766. The number of hydrogen-bond acceptors (Lipinski definition) is 10. The van der Waals surface area contributed by atoms with Crippen LogP contribution in [0.2, 0.25) is 0 Å². The summed E-state index contributed by atoms with van der Waals surface area (Å²) < 4.78 is 0. The van der Waals surface area contributed by atoms with Crippen LogP contribution in [0.15, 0.2) is 0 Å². The van der Waals surface area contributed by atoms with Gasteiger partial charge in [-0.25, -0.2) is 0 Å². The van der Waals surface area contributed by atoms with E-state index in [0.717, 1.165) is 6.92 Å². The first kappa shape index (κ1) is 33.9. The van der Waals surface area contributed by atoms with E-state index in [9.17, 15) is 39.0 Å². The summed E-state index contributed by atoms with van der Waals surface area (Å²) in [6, 6.07) is -5.03. The van der Waals surface area contributed by atoms with Gasteiger partial charge in [-0.3, -0.25) is 28.8 Å². The van der Waals surface area contributed by atoms with E-state index in [1.165, 1.54) is 13.8 Å². The Bertz CT molecular complexity index is 806. The first-order valence-electron chi connectivity index (χ1n) is 12.0. The second-order valence-corrected chi connectivity index (χ2v) is 8.80. The number of carbonyl (C=O) groups excluding carboxylic acids is 6. The Labute approximate surface area is 215 Å². The van der Waals surface area contributed by atoms with Crippen LogP contribution in [0.4, 0.5) is 0 Å². The lowest BCUT2D eigenvalue weighted by atomic mass is 10.0. The smallest absolute Gasteiger partial charge is 0.245 e. The SMILES string of the molecule is CC(=O)C(NC(=O)C(CCC(N)=O)NC(=O)C(NC(=O)CNC(=O)C(N)CCCCN)C(C)O)C(C)O. The number of aliphatic hydroxyl groups is 2. The number of nitrogens with one attached hydrogen (secondary N) is 4. The van der Waals surface area contributed by atoms with Crippen molar-refractivity contribution in [1.82, 2.24) is 21.3 Å². The zero-order valence-electron chi connectivity index (χ0n) is 21.5. The van der Waals surface area contributed by atoms with Gasteiger partial charge in [-0.05, 0) is 46.6 Å². The first-order chi connectivity index (χ1) is 17.2. The molecule has 15 nitrogen and oxygen atoms in total. The summed E-state index contributed by atoms with van der Waals surface area (Å²) in [5.74, 6) is -4.56. The van der Waals surface area contributed by atoms with Crippen molar-refractivity contribution >= 4 is 35.3 Å². The van der Waals surface area contributed by atoms with Gasteiger partial charge in [0.1, 0.15) is 18.1 Å². The maximum atomic E-state index is 12.8. The van der Waals surface area contributed by atoms with Gasteiger partial charge in [0, 0.05) is 6.42 Å². The zero-order valence-corrected chi connectivity index (χ0v) is 21.5. The number of Topliss-reactive ketones (excluding diaryl/α,β-unsaturated/α-hetero) is 1. The van der Waals surface area contributed by atoms with E-state index in [0.29, 0.717) is 25.8 Å². The van der Waals surface area contributed by atoms with E-state index in [-0.39, 0.29) is 12.8 Å². The molecule has 0 fully saturated rings. The molecule has 0 heterocycles. The summed E-state index contributed by atoms with van der Waals surface area (Å²) in [6.07, 6.45) is -1.51. The average molecular weight is 532 g/mol. The Morgan fingerprint density at radius 2 is 1.41 bits per heavy atom. The number of unbranched alkanes of at least 4 members (excludes halogenated alkanes) is 1. The predicted molar refractivity (Wildman–Crippen MR) is 132 cm³/mol. The predicted octanol–water partition coefficient (Wildman–Crippen LogP) is -4.37. The molecule has 212 valence electrons. The highest BCUT2D eigenvalue weighted by molar-refractivity contribution is 5.95. The first-order valence-corrected chi connectivity index (χ1v) is 12.0. The molecule has 0 saturated heterocycles. The van der Waals surface area contributed by atoms with Crippen molar-refractivity contribution in [2.75, 3.05) is 13.1 Å². The molecule has 0 rings (SSSR count). The molecule has 0 aliphatic rings. The van der Waals surface area contributed by atoms with E-state index in [1.807, 2.05) is 0 Å². The van der Waals surface area contributed by atoms with Gasteiger partial charge in [-0.15, -0.1) is 0 Å². The van der Waals surface area contributed by atoms with Crippen molar-refractivity contribution in [3.05, 3.63) is 0 Å². The van der Waals surface area contributed by atoms with Crippen molar-refractivity contribution in [2.24, 2.45) is 17.2 Å². The highest BCUT2D eigenvalue weighted by Gasteiger charge is 2.32. The van der Waals surface area contributed by atoms with Crippen LogP contribution in [0.1, 0.15) is 52.9 Å². The molecular formula is C22H41N7O8. The van der Waals surface area contributed by atoms with Crippen molar-refractivity contribution in [2.45, 2.75) is 89.3 Å². The number of ketones is 1. The van der Waals surface area contributed by atoms with Crippen LogP contribution in [0.25, 0.3) is 0 Å². The number of hydrogen-bond donors (Lipinski definition) is 9. The highest BCUT2D eigenvalue weighted by atomic mass is 16.3. The van der Waals surface area contributed by atoms with Crippen LogP contribution in [-0.4, -0.2) is 95.0 Å². The molecule has 5 amide bonds. The second-order valence-electron chi connectivity index (χ2n) is 8.80. The highest BCUT2D eigenvalue weighted by Crippen LogP contribution is 2.04. The van der Waals surface area contributed by atoms with Crippen molar-refractivity contribution < 1.29 is 39.0 Å². The number of rotatable bonds is 18. The fourth-order valence-corrected chi connectivity index (χ4v) is 3.20. The third kappa shape index (κ3) is 13.7. The summed E-state index contributed by atoms with van der Waals surface area (Å²) >= 11 is 0. The summed E-state index contributed by atoms with van der Waals surface area (Å²) in [5, 5.41) is 29.0. The molecule has 0 aromatic heterocycles. The molecule has 0 aliphatic carbocycles. The van der Waals surface area contributed by atoms with Gasteiger partial charge in [0.2, 0.25) is 29.5 Å². The van der Waals surface area contributed by atoms with Gasteiger partial charge in [-0.2, -0.15) is 0 Å². The fourth-order valence-electron chi connectivity index (χ4n) is 3.20. The summed E-state index contributed by atoms with van der Waals surface area (Å²) in [6.45, 7) is 3.59. The van der Waals surface area contributed by atoms with Gasteiger partial charge >= 0.3 is 0 Å². The third-order valence-corrected chi connectivity index (χ3v) is 5.34. The number of nitrogens with two attached hydrogens (primary N) is 3. The van der Waals surface area contributed by atoms with Gasteiger partial charge in [0.15, 0.2) is 5.78 Å². The number of amides is 5.